The molecule has 1 aromatic rings. The molecule has 2 unspecified atom stereocenters. The Balaban J connectivity index is 2.30. The highest BCUT2D eigenvalue weighted by Gasteiger charge is 2.42. The van der Waals surface area contributed by atoms with Gasteiger partial charge in [0.2, 0.25) is 0 Å². The Hall–Kier alpha value is -2.23. The van der Waals surface area contributed by atoms with Crippen molar-refractivity contribution in [2.75, 3.05) is 18.0 Å². The van der Waals surface area contributed by atoms with E-state index in [2.05, 4.69) is 0 Å². The summed E-state index contributed by atoms with van der Waals surface area (Å²) in [6.45, 7) is -0.582. The van der Waals surface area contributed by atoms with Crippen LogP contribution in [0, 0.1) is 23.2 Å². The predicted octanol–water partition coefficient (Wildman–Crippen LogP) is 2.45. The van der Waals surface area contributed by atoms with E-state index in [0.717, 1.165) is 0 Å². The van der Waals surface area contributed by atoms with Crippen LogP contribution in [-0.4, -0.2) is 30.3 Å². The molecule has 0 spiro atoms. The first kappa shape index (κ1) is 15.2. The number of nitriles is 1. The Morgan fingerprint density at radius 1 is 1.48 bits per heavy atom. The first-order valence-electron chi connectivity index (χ1n) is 6.35. The van der Waals surface area contributed by atoms with Crippen molar-refractivity contribution in [1.29, 1.82) is 5.26 Å². The van der Waals surface area contributed by atoms with Crippen LogP contribution in [0.3, 0.4) is 0 Å². The number of halogens is 3. The summed E-state index contributed by atoms with van der Waals surface area (Å²) in [6.07, 6.45) is -4.34. The fourth-order valence-corrected chi connectivity index (χ4v) is 2.46. The normalized spacial score (nSPS) is 19.5. The third-order valence-electron chi connectivity index (χ3n) is 3.54. The van der Waals surface area contributed by atoms with Crippen LogP contribution in [-0.2, 0) is 11.2 Å². The molecule has 4 nitrogen and oxygen atoms in total. The molecule has 0 saturated heterocycles. The topological polar surface area (TPSA) is 64.3 Å². The van der Waals surface area contributed by atoms with Crippen molar-refractivity contribution in [3.05, 3.63) is 29.8 Å². The molecule has 2 atom stereocenters. The smallest absolute Gasteiger partial charge is 0.406 e. The number of fused-ring (bicyclic) bond motifs is 1. The minimum Gasteiger partial charge on any atom is -0.481 e. The molecular weight excluding hydrogens is 285 g/mol. The van der Waals surface area contributed by atoms with Gasteiger partial charge in [-0.15, -0.1) is 0 Å². The summed E-state index contributed by atoms with van der Waals surface area (Å²) >= 11 is 0. The number of alkyl halides is 3. The second kappa shape index (κ2) is 5.64. The average molecular weight is 298 g/mol. The number of carboxylic acids is 1. The Morgan fingerprint density at radius 2 is 2.14 bits per heavy atom. The van der Waals surface area contributed by atoms with Gasteiger partial charge >= 0.3 is 12.1 Å². The Morgan fingerprint density at radius 3 is 2.71 bits per heavy atom. The molecule has 0 amide bonds. The monoisotopic (exact) mass is 298 g/mol. The summed E-state index contributed by atoms with van der Waals surface area (Å²) in [5, 5.41) is 17.8. The van der Waals surface area contributed by atoms with E-state index in [-0.39, 0.29) is 13.0 Å². The fraction of sp³-hybridized carbons (Fsp3) is 0.429. The van der Waals surface area contributed by atoms with Crippen LogP contribution >= 0.6 is 0 Å². The number of benzene rings is 1. The van der Waals surface area contributed by atoms with Gasteiger partial charge in [0.15, 0.2) is 5.92 Å². The van der Waals surface area contributed by atoms with Gasteiger partial charge in [-0.25, -0.2) is 0 Å². The number of carboxylic acid groups (broad SMARTS) is 1. The highest BCUT2D eigenvalue weighted by molar-refractivity contribution is 5.74. The lowest BCUT2D eigenvalue weighted by molar-refractivity contribution is -0.156. The van der Waals surface area contributed by atoms with E-state index in [1.807, 2.05) is 0 Å². The van der Waals surface area contributed by atoms with Crippen molar-refractivity contribution in [2.24, 2.45) is 11.8 Å². The van der Waals surface area contributed by atoms with E-state index in [1.165, 1.54) is 11.0 Å². The maximum absolute atomic E-state index is 12.7. The third-order valence-corrected chi connectivity index (χ3v) is 3.54. The zero-order valence-electron chi connectivity index (χ0n) is 11.0. The van der Waals surface area contributed by atoms with Gasteiger partial charge in [-0.1, -0.05) is 18.2 Å². The van der Waals surface area contributed by atoms with Gasteiger partial charge < -0.3 is 10.0 Å². The molecule has 0 radical (unpaired) electrons. The third kappa shape index (κ3) is 3.27. The number of rotatable bonds is 3. The molecule has 0 bridgehead atoms. The first-order valence-corrected chi connectivity index (χ1v) is 6.35. The summed E-state index contributed by atoms with van der Waals surface area (Å²) in [4.78, 5) is 12.5. The van der Waals surface area contributed by atoms with Crippen LogP contribution in [0.15, 0.2) is 24.3 Å². The van der Waals surface area contributed by atoms with E-state index in [9.17, 15) is 18.0 Å². The van der Waals surface area contributed by atoms with Crippen LogP contribution in [0.25, 0.3) is 0 Å². The number of carbonyl (C=O) groups is 1. The van der Waals surface area contributed by atoms with E-state index in [0.29, 0.717) is 11.3 Å². The molecule has 1 aliphatic heterocycles. The second-order valence-corrected chi connectivity index (χ2v) is 5.00. The maximum Gasteiger partial charge on any atom is 0.406 e. The highest BCUT2D eigenvalue weighted by Crippen LogP contribution is 2.33. The van der Waals surface area contributed by atoms with Gasteiger partial charge in [0.05, 0.1) is 12.0 Å². The van der Waals surface area contributed by atoms with Gasteiger partial charge in [0.25, 0.3) is 0 Å². The van der Waals surface area contributed by atoms with Crippen LogP contribution in [0.4, 0.5) is 18.9 Å². The lowest BCUT2D eigenvalue weighted by atomic mass is 9.92. The Kier molecular flexibility index (Phi) is 4.07. The molecular formula is C14H13F3N2O2. The number of hydrogen-bond donors (Lipinski definition) is 1. The quantitative estimate of drug-likeness (QED) is 0.931. The van der Waals surface area contributed by atoms with Crippen molar-refractivity contribution in [3.63, 3.8) is 0 Å². The van der Waals surface area contributed by atoms with E-state index < -0.39 is 30.5 Å². The standard InChI is InChI=1S/C14H13F3N2O2/c15-14(16,17)11(6-18)8-19-7-10(13(20)21)5-9-3-1-2-4-12(9)19/h1-4,10-11H,5,7-8H2,(H,20,21). The van der Waals surface area contributed by atoms with Crippen LogP contribution in [0.1, 0.15) is 5.56 Å². The van der Waals surface area contributed by atoms with Crippen molar-refractivity contribution < 1.29 is 23.1 Å². The molecule has 2 rings (SSSR count). The number of para-hydroxylation sites is 1. The van der Waals surface area contributed by atoms with Crippen molar-refractivity contribution in [3.8, 4) is 6.07 Å². The zero-order valence-corrected chi connectivity index (χ0v) is 11.0. The Bertz CT molecular complexity index is 580. The van der Waals surface area contributed by atoms with E-state index in [4.69, 9.17) is 10.4 Å². The largest absolute Gasteiger partial charge is 0.481 e. The molecule has 1 aliphatic rings. The molecule has 0 aromatic heterocycles. The van der Waals surface area contributed by atoms with Crippen LogP contribution < -0.4 is 4.90 Å². The van der Waals surface area contributed by atoms with Crippen molar-refractivity contribution in [2.45, 2.75) is 12.6 Å². The van der Waals surface area contributed by atoms with Crippen LogP contribution in [0.2, 0.25) is 0 Å². The molecule has 112 valence electrons. The molecule has 0 fully saturated rings. The Labute approximate surface area is 119 Å². The minimum absolute atomic E-state index is 0.0272. The SMILES string of the molecule is N#CC(CN1CC(C(=O)O)Cc2ccccc21)C(F)(F)F. The van der Waals surface area contributed by atoms with E-state index in [1.54, 1.807) is 24.3 Å². The summed E-state index contributed by atoms with van der Waals surface area (Å²) in [6, 6.07) is 8.00. The lowest BCUT2D eigenvalue weighted by Gasteiger charge is -2.35. The fourth-order valence-electron chi connectivity index (χ4n) is 2.46. The van der Waals surface area contributed by atoms with Gasteiger partial charge in [-0.05, 0) is 18.1 Å². The number of anilines is 1. The molecule has 7 heteroatoms. The number of nitrogens with zero attached hydrogens (tertiary/aromatic N) is 2. The number of hydrogen-bond acceptors (Lipinski definition) is 3. The molecule has 0 aliphatic carbocycles. The summed E-state index contributed by atoms with van der Waals surface area (Å²) in [5.41, 5.74) is 1.26. The summed E-state index contributed by atoms with van der Waals surface area (Å²) in [7, 11) is 0. The maximum atomic E-state index is 12.7. The van der Waals surface area contributed by atoms with Crippen molar-refractivity contribution in [1.82, 2.24) is 0 Å². The highest BCUT2D eigenvalue weighted by atomic mass is 19.4. The molecule has 1 heterocycles. The molecule has 21 heavy (non-hydrogen) atoms. The predicted molar refractivity (Wildman–Crippen MR) is 68.6 cm³/mol. The average Bonchev–Trinajstić information content (AvgIpc) is 2.42. The summed E-state index contributed by atoms with van der Waals surface area (Å²) < 4.78 is 38.2. The van der Waals surface area contributed by atoms with Crippen LogP contribution in [0.5, 0.6) is 0 Å². The zero-order chi connectivity index (χ0) is 15.6. The lowest BCUT2D eigenvalue weighted by Crippen LogP contribution is -2.43. The second-order valence-electron chi connectivity index (χ2n) is 5.00. The number of aliphatic carboxylic acids is 1. The van der Waals surface area contributed by atoms with Gasteiger partial charge in [-0.2, -0.15) is 18.4 Å². The molecule has 1 N–H and O–H groups in total. The first-order chi connectivity index (χ1) is 9.82. The van der Waals surface area contributed by atoms with E-state index >= 15 is 0 Å². The van der Waals surface area contributed by atoms with Crippen molar-refractivity contribution >= 4 is 11.7 Å². The summed E-state index contributed by atoms with van der Waals surface area (Å²) in [5.74, 6) is -3.96. The van der Waals surface area contributed by atoms with Gasteiger partial charge in [0.1, 0.15) is 0 Å². The minimum atomic E-state index is -4.63. The molecule has 0 saturated carbocycles. The van der Waals surface area contributed by atoms with Gasteiger partial charge in [-0.3, -0.25) is 4.79 Å². The van der Waals surface area contributed by atoms with Gasteiger partial charge in [0, 0.05) is 18.8 Å². The molecule has 1 aromatic carbocycles.